The minimum absolute atomic E-state index is 0.0883. The van der Waals surface area contributed by atoms with E-state index in [1.807, 2.05) is 24.3 Å². The molecule has 1 atom stereocenters. The maximum atomic E-state index is 12.2. The van der Waals surface area contributed by atoms with Crippen molar-refractivity contribution in [1.29, 1.82) is 0 Å². The van der Waals surface area contributed by atoms with Crippen LogP contribution in [0.4, 0.5) is 10.5 Å². The van der Waals surface area contributed by atoms with Crippen LogP contribution in [-0.2, 0) is 22.3 Å². The number of anilines is 1. The van der Waals surface area contributed by atoms with Gasteiger partial charge in [-0.1, -0.05) is 30.3 Å². The molecule has 2 amide bonds. The lowest BCUT2D eigenvalue weighted by Crippen LogP contribution is -2.38. The maximum Gasteiger partial charge on any atom is 0.315 e. The summed E-state index contributed by atoms with van der Waals surface area (Å²) < 4.78 is 31.0. The largest absolute Gasteiger partial charge is 0.497 e. The lowest BCUT2D eigenvalue weighted by atomic mass is 10.1. The minimum atomic E-state index is -3.33. The number of carbonyl (C=O) groups is 1. The van der Waals surface area contributed by atoms with E-state index in [9.17, 15) is 13.2 Å². The quantitative estimate of drug-likeness (QED) is 0.548. The van der Waals surface area contributed by atoms with Crippen molar-refractivity contribution >= 4 is 21.7 Å². The van der Waals surface area contributed by atoms with E-state index >= 15 is 0 Å². The van der Waals surface area contributed by atoms with E-state index in [2.05, 4.69) is 26.3 Å². The third kappa shape index (κ3) is 6.86. The van der Waals surface area contributed by atoms with E-state index in [-0.39, 0.29) is 11.8 Å². The number of methoxy groups -OCH3 is 1. The Morgan fingerprint density at radius 1 is 1.13 bits per heavy atom. The molecule has 1 unspecified atom stereocenters. The van der Waals surface area contributed by atoms with Gasteiger partial charge in [0.25, 0.3) is 0 Å². The van der Waals surface area contributed by atoms with Gasteiger partial charge in [-0.15, -0.1) is 0 Å². The highest BCUT2D eigenvalue weighted by Gasteiger charge is 2.23. The van der Waals surface area contributed by atoms with Crippen molar-refractivity contribution in [2.75, 3.05) is 38.7 Å². The molecule has 2 aromatic rings. The Morgan fingerprint density at radius 3 is 2.68 bits per heavy atom. The number of benzene rings is 2. The number of hydrogen-bond donors (Lipinski definition) is 3. The number of ether oxygens (including phenoxy) is 1. The van der Waals surface area contributed by atoms with Crippen molar-refractivity contribution in [2.24, 2.45) is 5.92 Å². The molecule has 1 aliphatic rings. The smallest absolute Gasteiger partial charge is 0.315 e. The molecule has 3 rings (SSSR count). The number of sulfonamides is 1. The van der Waals surface area contributed by atoms with Crippen molar-refractivity contribution in [3.05, 3.63) is 59.7 Å². The Bertz CT molecular complexity index is 997. The minimum Gasteiger partial charge on any atom is -0.497 e. The Kier molecular flexibility index (Phi) is 7.75. The summed E-state index contributed by atoms with van der Waals surface area (Å²) in [6.07, 6.45) is 1.01. The number of nitrogens with zero attached hydrogens (tertiary/aromatic N) is 1. The topological polar surface area (TPSA) is 99.8 Å². The molecule has 168 valence electrons. The van der Waals surface area contributed by atoms with Crippen molar-refractivity contribution < 1.29 is 17.9 Å². The van der Waals surface area contributed by atoms with E-state index in [4.69, 9.17) is 4.74 Å². The average molecular weight is 447 g/mol. The van der Waals surface area contributed by atoms with E-state index in [1.165, 1.54) is 7.05 Å². The zero-order valence-corrected chi connectivity index (χ0v) is 18.7. The molecule has 8 nitrogen and oxygen atoms in total. The summed E-state index contributed by atoms with van der Waals surface area (Å²) in [4.78, 5) is 14.5. The number of hydrogen-bond acceptors (Lipinski definition) is 5. The van der Waals surface area contributed by atoms with Crippen LogP contribution >= 0.6 is 0 Å². The van der Waals surface area contributed by atoms with Gasteiger partial charge in [-0.25, -0.2) is 17.9 Å². The van der Waals surface area contributed by atoms with Gasteiger partial charge >= 0.3 is 6.03 Å². The van der Waals surface area contributed by atoms with Gasteiger partial charge in [-0.05, 0) is 42.6 Å². The Hall–Kier alpha value is -2.78. The summed E-state index contributed by atoms with van der Waals surface area (Å²) in [6.45, 7) is 2.77. The molecule has 1 heterocycles. The first-order chi connectivity index (χ1) is 14.9. The molecule has 1 aliphatic heterocycles. The number of amides is 2. The van der Waals surface area contributed by atoms with E-state index < -0.39 is 10.0 Å². The summed E-state index contributed by atoms with van der Waals surface area (Å²) in [5, 5.41) is 5.78. The number of rotatable bonds is 9. The summed E-state index contributed by atoms with van der Waals surface area (Å²) >= 11 is 0. The second-order valence-corrected chi connectivity index (χ2v) is 9.58. The number of nitrogens with one attached hydrogen (secondary N) is 3. The molecule has 2 aromatic carbocycles. The first-order valence-electron chi connectivity index (χ1n) is 10.3. The molecule has 31 heavy (non-hydrogen) atoms. The third-order valence-corrected chi connectivity index (χ3v) is 6.70. The zero-order chi connectivity index (χ0) is 22.3. The predicted molar refractivity (Wildman–Crippen MR) is 122 cm³/mol. The van der Waals surface area contributed by atoms with Gasteiger partial charge < -0.3 is 20.3 Å². The molecule has 0 bridgehead atoms. The lowest BCUT2D eigenvalue weighted by Gasteiger charge is -2.19. The van der Waals surface area contributed by atoms with E-state index in [0.717, 1.165) is 36.5 Å². The molecule has 3 N–H and O–H groups in total. The standard InChI is InChI=1S/C22H30N4O4S/c1-23-31(28,29)16-18-6-3-5-17(11-18)13-24-22(27)25-14-19-9-10-26(15-19)20-7-4-8-21(12-20)30-2/h3-8,11-12,19,23H,9-10,13-16H2,1-2H3,(H2,24,25,27). The van der Waals surface area contributed by atoms with Crippen LogP contribution < -0.4 is 25.0 Å². The fraction of sp³-hybridized carbons (Fsp3) is 0.409. The van der Waals surface area contributed by atoms with Crippen molar-refractivity contribution in [2.45, 2.75) is 18.7 Å². The van der Waals surface area contributed by atoms with Gasteiger partial charge in [0.2, 0.25) is 10.0 Å². The zero-order valence-electron chi connectivity index (χ0n) is 17.9. The first-order valence-corrected chi connectivity index (χ1v) is 11.9. The van der Waals surface area contributed by atoms with Crippen LogP contribution in [0.3, 0.4) is 0 Å². The van der Waals surface area contributed by atoms with Crippen molar-refractivity contribution in [1.82, 2.24) is 15.4 Å². The second kappa shape index (κ2) is 10.5. The summed E-state index contributed by atoms with van der Waals surface area (Å²) in [7, 11) is -0.272. The van der Waals surface area contributed by atoms with Crippen LogP contribution in [-0.4, -0.2) is 48.2 Å². The Morgan fingerprint density at radius 2 is 1.90 bits per heavy atom. The third-order valence-electron chi connectivity index (χ3n) is 5.37. The van der Waals surface area contributed by atoms with Crippen LogP contribution in [0.25, 0.3) is 0 Å². The fourth-order valence-corrected chi connectivity index (χ4v) is 4.41. The predicted octanol–water partition coefficient (Wildman–Crippen LogP) is 2.07. The Labute approximate surface area is 184 Å². The average Bonchev–Trinajstić information content (AvgIpc) is 3.25. The monoisotopic (exact) mass is 446 g/mol. The molecule has 0 aromatic heterocycles. The van der Waals surface area contributed by atoms with Gasteiger partial charge in [-0.3, -0.25) is 0 Å². The normalized spacial score (nSPS) is 16.2. The molecular weight excluding hydrogens is 416 g/mol. The van der Waals surface area contributed by atoms with Crippen LogP contribution in [0, 0.1) is 5.92 Å². The molecule has 1 fully saturated rings. The second-order valence-electron chi connectivity index (χ2n) is 7.65. The highest BCUT2D eigenvalue weighted by atomic mass is 32.2. The molecule has 0 saturated carbocycles. The molecule has 9 heteroatoms. The van der Waals surface area contributed by atoms with Crippen molar-refractivity contribution in [3.63, 3.8) is 0 Å². The van der Waals surface area contributed by atoms with Crippen LogP contribution in [0.1, 0.15) is 17.5 Å². The summed E-state index contributed by atoms with van der Waals surface area (Å²) in [5.41, 5.74) is 2.66. The SMILES string of the molecule is CNS(=O)(=O)Cc1cccc(CNC(=O)NCC2CCN(c3cccc(OC)c3)C2)c1. The van der Waals surface area contributed by atoms with Crippen LogP contribution in [0.5, 0.6) is 5.75 Å². The molecule has 1 saturated heterocycles. The molecular formula is C22H30N4O4S. The van der Waals surface area contributed by atoms with Gasteiger partial charge in [0.15, 0.2) is 0 Å². The van der Waals surface area contributed by atoms with Crippen LogP contribution in [0.2, 0.25) is 0 Å². The fourth-order valence-electron chi connectivity index (χ4n) is 3.64. The van der Waals surface area contributed by atoms with Gasteiger partial charge in [0, 0.05) is 37.9 Å². The number of carbonyl (C=O) groups excluding carboxylic acids is 1. The van der Waals surface area contributed by atoms with Gasteiger partial charge in [-0.2, -0.15) is 0 Å². The summed E-state index contributed by atoms with van der Waals surface area (Å²) in [5.74, 6) is 1.13. The molecule has 0 spiro atoms. The lowest BCUT2D eigenvalue weighted by molar-refractivity contribution is 0.239. The highest BCUT2D eigenvalue weighted by molar-refractivity contribution is 7.88. The molecule has 0 aliphatic carbocycles. The Balaban J connectivity index is 1.43. The van der Waals surface area contributed by atoms with E-state index in [1.54, 1.807) is 25.3 Å². The van der Waals surface area contributed by atoms with Crippen LogP contribution in [0.15, 0.2) is 48.5 Å². The van der Waals surface area contributed by atoms with Gasteiger partial charge in [0.1, 0.15) is 5.75 Å². The highest BCUT2D eigenvalue weighted by Crippen LogP contribution is 2.26. The maximum absolute atomic E-state index is 12.2. The summed E-state index contributed by atoms with van der Waals surface area (Å²) in [6, 6.07) is 15.0. The van der Waals surface area contributed by atoms with Crippen molar-refractivity contribution in [3.8, 4) is 5.75 Å². The first kappa shape index (κ1) is 22.9. The molecule has 0 radical (unpaired) electrons. The van der Waals surface area contributed by atoms with E-state index in [0.29, 0.717) is 24.6 Å². The number of urea groups is 1. The van der Waals surface area contributed by atoms with Gasteiger partial charge in [0.05, 0.1) is 12.9 Å².